The van der Waals surface area contributed by atoms with Gasteiger partial charge in [-0.05, 0) is 31.5 Å². The number of nitrogens with one attached hydrogen (secondary N) is 1. The Morgan fingerprint density at radius 1 is 1.23 bits per heavy atom. The monoisotopic (exact) mass is 484 g/mol. The predicted octanol–water partition coefficient (Wildman–Crippen LogP) is 3.71. The normalized spacial score (nSPS) is 15.2. The minimum Gasteiger partial charge on any atom is -0.479 e. The van der Waals surface area contributed by atoms with Gasteiger partial charge in [0.15, 0.2) is 5.82 Å². The van der Waals surface area contributed by atoms with Crippen LogP contribution in [0.5, 0.6) is 5.88 Å². The molecule has 0 aliphatic carbocycles. The molecule has 10 nitrogen and oxygen atoms in total. The molecule has 1 aliphatic rings. The second-order valence-corrected chi connectivity index (χ2v) is 7.95. The summed E-state index contributed by atoms with van der Waals surface area (Å²) in [5.41, 5.74) is -0.835. The number of halogens is 3. The predicted molar refractivity (Wildman–Crippen MR) is 117 cm³/mol. The zero-order valence-electron chi connectivity index (χ0n) is 18.6. The summed E-state index contributed by atoms with van der Waals surface area (Å²) in [4.78, 5) is 21.2. The molecule has 1 amide bonds. The smallest absolute Gasteiger partial charge is 0.418 e. The van der Waals surface area contributed by atoms with Crippen molar-refractivity contribution in [3.05, 3.63) is 59.8 Å². The third kappa shape index (κ3) is 4.09. The van der Waals surface area contributed by atoms with Crippen LogP contribution in [0.15, 0.2) is 42.9 Å². The fourth-order valence-corrected chi connectivity index (χ4v) is 4.01. The van der Waals surface area contributed by atoms with Crippen LogP contribution in [0.25, 0.3) is 17.2 Å². The number of carbonyl (C=O) groups excluding carboxylic acids is 1. The summed E-state index contributed by atoms with van der Waals surface area (Å²) < 4.78 is 48.4. The number of pyridine rings is 2. The molecule has 0 bridgehead atoms. The van der Waals surface area contributed by atoms with Gasteiger partial charge in [0.2, 0.25) is 5.88 Å². The van der Waals surface area contributed by atoms with Crippen molar-refractivity contribution < 1.29 is 22.7 Å². The lowest BCUT2D eigenvalue weighted by Crippen LogP contribution is -2.14. The zero-order chi connectivity index (χ0) is 24.7. The fourth-order valence-electron chi connectivity index (χ4n) is 4.01. The van der Waals surface area contributed by atoms with Gasteiger partial charge in [-0.2, -0.15) is 13.2 Å². The highest BCUT2D eigenvalue weighted by atomic mass is 19.4. The number of ether oxygens (including phenoxy) is 1. The van der Waals surface area contributed by atoms with Gasteiger partial charge in [-0.15, -0.1) is 15.3 Å². The first-order chi connectivity index (χ1) is 16.8. The molecule has 0 aromatic carbocycles. The standard InChI is InChI=1S/C22H19F3N8O2/c1-12-6-7-18-29-30-19(33(12)18)15-4-3-5-17(27-15)28-20(34)13-11-32(31-21(13)35-2)16-10-26-9-8-14(16)22(23,24)25/h3-5,8-12H,6-7H2,1-2H3,(H,27,28,34)/t12-/m0/s1. The van der Waals surface area contributed by atoms with Crippen molar-refractivity contribution in [3.8, 4) is 23.1 Å². The van der Waals surface area contributed by atoms with Crippen LogP contribution in [-0.4, -0.2) is 47.5 Å². The first kappa shape index (κ1) is 22.5. The summed E-state index contributed by atoms with van der Waals surface area (Å²) in [6, 6.07) is 6.13. The number of aromatic nitrogens is 7. The molecule has 4 aromatic heterocycles. The average molecular weight is 484 g/mol. The molecule has 1 N–H and O–H groups in total. The van der Waals surface area contributed by atoms with E-state index in [-0.39, 0.29) is 29.0 Å². The van der Waals surface area contributed by atoms with Gasteiger partial charge in [0, 0.05) is 24.9 Å². The number of carbonyl (C=O) groups is 1. The van der Waals surface area contributed by atoms with Gasteiger partial charge in [-0.25, -0.2) is 9.67 Å². The molecule has 1 aliphatic heterocycles. The van der Waals surface area contributed by atoms with Crippen molar-refractivity contribution in [2.45, 2.75) is 32.0 Å². The Morgan fingerprint density at radius 3 is 2.83 bits per heavy atom. The maximum Gasteiger partial charge on any atom is 0.418 e. The van der Waals surface area contributed by atoms with Crippen LogP contribution in [0, 0.1) is 0 Å². The number of anilines is 1. The Kier molecular flexibility index (Phi) is 5.46. The SMILES string of the molecule is COc1nn(-c2cnccc2C(F)(F)F)cc1C(=O)Nc1cccc(-c2nnc3n2[C@@H](C)CC3)n1. The molecule has 13 heteroatoms. The number of amides is 1. The third-order valence-corrected chi connectivity index (χ3v) is 5.68. The highest BCUT2D eigenvalue weighted by molar-refractivity contribution is 6.05. The van der Waals surface area contributed by atoms with Gasteiger partial charge in [-0.1, -0.05) is 6.07 Å². The quantitative estimate of drug-likeness (QED) is 0.460. The van der Waals surface area contributed by atoms with E-state index in [1.54, 1.807) is 18.2 Å². The topological polar surface area (TPSA) is 113 Å². The van der Waals surface area contributed by atoms with Crippen molar-refractivity contribution in [2.75, 3.05) is 12.4 Å². The van der Waals surface area contributed by atoms with E-state index in [2.05, 4.69) is 37.5 Å². The maximum atomic E-state index is 13.4. The molecule has 1 atom stereocenters. The third-order valence-electron chi connectivity index (χ3n) is 5.68. The van der Waals surface area contributed by atoms with E-state index < -0.39 is 17.6 Å². The van der Waals surface area contributed by atoms with Crippen molar-refractivity contribution in [1.29, 1.82) is 0 Å². The van der Waals surface area contributed by atoms with Crippen LogP contribution in [0.2, 0.25) is 0 Å². The van der Waals surface area contributed by atoms with E-state index in [4.69, 9.17) is 4.74 Å². The van der Waals surface area contributed by atoms with Gasteiger partial charge in [0.25, 0.3) is 5.91 Å². The Morgan fingerprint density at radius 2 is 2.06 bits per heavy atom. The Hall–Kier alpha value is -4.29. The lowest BCUT2D eigenvalue weighted by Gasteiger charge is -2.11. The van der Waals surface area contributed by atoms with E-state index in [9.17, 15) is 18.0 Å². The molecule has 0 spiro atoms. The molecule has 0 fully saturated rings. The lowest BCUT2D eigenvalue weighted by atomic mass is 10.2. The number of alkyl halides is 3. The van der Waals surface area contributed by atoms with Gasteiger partial charge in [-0.3, -0.25) is 9.78 Å². The molecule has 0 saturated heterocycles. The summed E-state index contributed by atoms with van der Waals surface area (Å²) in [6.45, 7) is 2.07. The Labute approximate surface area is 196 Å². The summed E-state index contributed by atoms with van der Waals surface area (Å²) in [5.74, 6) is 0.898. The van der Waals surface area contributed by atoms with Crippen LogP contribution < -0.4 is 10.1 Å². The number of rotatable bonds is 5. The van der Waals surface area contributed by atoms with Crippen LogP contribution in [-0.2, 0) is 12.6 Å². The van der Waals surface area contributed by atoms with E-state index in [1.807, 2.05) is 4.57 Å². The number of nitrogens with zero attached hydrogens (tertiary/aromatic N) is 7. The summed E-state index contributed by atoms with van der Waals surface area (Å²) in [6.07, 6.45) is 0.359. The van der Waals surface area contributed by atoms with Crippen LogP contribution in [0.3, 0.4) is 0 Å². The number of hydrogen-bond acceptors (Lipinski definition) is 7. The van der Waals surface area contributed by atoms with Gasteiger partial charge >= 0.3 is 6.18 Å². The lowest BCUT2D eigenvalue weighted by molar-refractivity contribution is -0.137. The number of aryl methyl sites for hydroxylation is 1. The van der Waals surface area contributed by atoms with Gasteiger partial charge in [0.05, 0.1) is 24.6 Å². The first-order valence-corrected chi connectivity index (χ1v) is 10.6. The van der Waals surface area contributed by atoms with Gasteiger partial charge in [0.1, 0.15) is 22.9 Å². The number of hydrogen-bond donors (Lipinski definition) is 1. The van der Waals surface area contributed by atoms with Crippen molar-refractivity contribution in [3.63, 3.8) is 0 Å². The summed E-state index contributed by atoms with van der Waals surface area (Å²) in [5, 5.41) is 15.1. The van der Waals surface area contributed by atoms with Crippen LogP contribution in [0.4, 0.5) is 19.0 Å². The molecule has 4 aromatic rings. The van der Waals surface area contributed by atoms with E-state index in [1.165, 1.54) is 7.11 Å². The number of methoxy groups -OCH3 is 1. The Balaban J connectivity index is 1.44. The maximum absolute atomic E-state index is 13.4. The minimum atomic E-state index is -4.64. The molecule has 35 heavy (non-hydrogen) atoms. The molecular formula is C22H19F3N8O2. The van der Waals surface area contributed by atoms with Crippen LogP contribution in [0.1, 0.15) is 41.1 Å². The first-order valence-electron chi connectivity index (χ1n) is 10.6. The highest BCUT2D eigenvalue weighted by Gasteiger charge is 2.35. The molecule has 0 saturated carbocycles. The fraction of sp³-hybridized carbons (Fsp3) is 0.273. The molecule has 180 valence electrons. The molecular weight excluding hydrogens is 465 g/mol. The van der Waals surface area contributed by atoms with E-state index in [0.717, 1.165) is 48.0 Å². The van der Waals surface area contributed by atoms with Crippen molar-refractivity contribution in [1.82, 2.24) is 34.5 Å². The van der Waals surface area contributed by atoms with Gasteiger partial charge < -0.3 is 14.6 Å². The highest BCUT2D eigenvalue weighted by Crippen LogP contribution is 2.34. The second kappa shape index (κ2) is 8.49. The molecule has 0 radical (unpaired) electrons. The zero-order valence-corrected chi connectivity index (χ0v) is 18.6. The minimum absolute atomic E-state index is 0.0753. The summed E-state index contributed by atoms with van der Waals surface area (Å²) >= 11 is 0. The molecule has 5 heterocycles. The number of fused-ring (bicyclic) bond motifs is 1. The van der Waals surface area contributed by atoms with E-state index >= 15 is 0 Å². The molecule has 5 rings (SSSR count). The Bertz CT molecular complexity index is 1410. The second-order valence-electron chi connectivity index (χ2n) is 7.95. The van der Waals surface area contributed by atoms with Crippen molar-refractivity contribution in [2.24, 2.45) is 0 Å². The average Bonchev–Trinajstić information content (AvgIpc) is 3.55. The largest absolute Gasteiger partial charge is 0.479 e. The molecule has 0 unspecified atom stereocenters. The van der Waals surface area contributed by atoms with Crippen molar-refractivity contribution >= 4 is 11.7 Å². The van der Waals surface area contributed by atoms with E-state index in [0.29, 0.717) is 11.5 Å². The summed E-state index contributed by atoms with van der Waals surface area (Å²) in [7, 11) is 1.27. The van der Waals surface area contributed by atoms with Crippen LogP contribution >= 0.6 is 0 Å².